The molecule has 1 amide bonds. The van der Waals surface area contributed by atoms with E-state index in [1.165, 1.54) is 0 Å². The van der Waals surface area contributed by atoms with E-state index in [1.54, 1.807) is 18.2 Å². The molecule has 0 aliphatic carbocycles. The largest absolute Gasteiger partial charge is 0.486 e. The molecule has 1 atom stereocenters. The van der Waals surface area contributed by atoms with Crippen molar-refractivity contribution in [2.75, 3.05) is 30.3 Å². The lowest BCUT2D eigenvalue weighted by Crippen LogP contribution is -2.45. The molecule has 1 aliphatic rings. The highest BCUT2D eigenvalue weighted by Crippen LogP contribution is 2.30. The second-order valence-corrected chi connectivity index (χ2v) is 8.70. The minimum Gasteiger partial charge on any atom is -0.486 e. The van der Waals surface area contributed by atoms with Crippen LogP contribution in [0.2, 0.25) is 0 Å². The molecule has 8 heteroatoms. The van der Waals surface area contributed by atoms with E-state index in [9.17, 15) is 13.2 Å². The first kappa shape index (κ1) is 20.0. The van der Waals surface area contributed by atoms with Crippen LogP contribution in [0, 0.1) is 13.8 Å². The molecule has 28 heavy (non-hydrogen) atoms. The van der Waals surface area contributed by atoms with Gasteiger partial charge in [0.05, 0.1) is 18.5 Å². The molecule has 0 saturated carbocycles. The number of sulfonamides is 1. The van der Waals surface area contributed by atoms with Crippen LogP contribution in [0.15, 0.2) is 42.5 Å². The minimum absolute atomic E-state index is 0.220. The van der Waals surface area contributed by atoms with Crippen molar-refractivity contribution in [3.63, 3.8) is 0 Å². The summed E-state index contributed by atoms with van der Waals surface area (Å²) in [6.07, 6.45) is 0.753. The van der Waals surface area contributed by atoms with Gasteiger partial charge in [0.1, 0.15) is 19.3 Å². The predicted molar refractivity (Wildman–Crippen MR) is 107 cm³/mol. The lowest BCUT2D eigenvalue weighted by molar-refractivity contribution is -0.120. The zero-order valence-corrected chi connectivity index (χ0v) is 17.0. The van der Waals surface area contributed by atoms with Crippen LogP contribution in [0.5, 0.6) is 11.5 Å². The number of nitrogens with zero attached hydrogens (tertiary/aromatic N) is 1. The van der Waals surface area contributed by atoms with Crippen LogP contribution in [0.4, 0.5) is 5.69 Å². The number of fused-ring (bicyclic) bond motifs is 1. The topological polar surface area (TPSA) is 84.9 Å². The summed E-state index contributed by atoms with van der Waals surface area (Å²) >= 11 is 0. The lowest BCUT2D eigenvalue weighted by atomic mass is 10.1. The molecule has 0 aromatic heterocycles. The summed E-state index contributed by atoms with van der Waals surface area (Å²) in [5.41, 5.74) is 2.28. The maximum absolute atomic E-state index is 12.4. The number of nitrogens with one attached hydrogen (secondary N) is 1. The molecule has 0 bridgehead atoms. The molecule has 0 unspecified atom stereocenters. The molecule has 2 aromatic rings. The van der Waals surface area contributed by atoms with Crippen molar-refractivity contribution < 1.29 is 22.7 Å². The van der Waals surface area contributed by atoms with Crippen LogP contribution >= 0.6 is 0 Å². The number of benzene rings is 2. The standard InChI is InChI=1S/C20H24N2O5S/c1-14-7-6-8-17(15(14)2)22(28(3,24)25)12-20(23)21-11-16-13-26-18-9-4-5-10-19(18)27-16/h4-10,16H,11-13H2,1-3H3,(H,21,23)/t16-/m1/s1. The number of aryl methyl sites for hydroxylation is 1. The van der Waals surface area contributed by atoms with E-state index < -0.39 is 15.9 Å². The number of hydrogen-bond acceptors (Lipinski definition) is 5. The van der Waals surface area contributed by atoms with Crippen LogP contribution in [0.1, 0.15) is 11.1 Å². The fourth-order valence-corrected chi connectivity index (χ4v) is 3.87. The first-order valence-corrected chi connectivity index (χ1v) is 10.8. The smallest absolute Gasteiger partial charge is 0.240 e. The lowest BCUT2D eigenvalue weighted by Gasteiger charge is -2.27. The number of amides is 1. The highest BCUT2D eigenvalue weighted by molar-refractivity contribution is 7.92. The van der Waals surface area contributed by atoms with Gasteiger partial charge in [-0.3, -0.25) is 9.10 Å². The van der Waals surface area contributed by atoms with E-state index >= 15 is 0 Å². The van der Waals surface area contributed by atoms with Gasteiger partial charge in [-0.15, -0.1) is 0 Å². The maximum Gasteiger partial charge on any atom is 0.240 e. The van der Waals surface area contributed by atoms with Gasteiger partial charge in [0.15, 0.2) is 11.5 Å². The summed E-state index contributed by atoms with van der Waals surface area (Å²) in [6.45, 7) is 3.97. The number of carbonyl (C=O) groups excluding carboxylic acids is 1. The molecule has 0 spiro atoms. The molecule has 0 fully saturated rings. The van der Waals surface area contributed by atoms with Crippen LogP contribution in [-0.2, 0) is 14.8 Å². The predicted octanol–water partition coefficient (Wildman–Crippen LogP) is 2.03. The normalized spacial score (nSPS) is 15.8. The quantitative estimate of drug-likeness (QED) is 0.796. The second kappa shape index (κ2) is 8.10. The van der Waals surface area contributed by atoms with Crippen LogP contribution < -0.4 is 19.1 Å². The monoisotopic (exact) mass is 404 g/mol. The third-order valence-electron chi connectivity index (χ3n) is 4.63. The van der Waals surface area contributed by atoms with Gasteiger partial charge in [0, 0.05) is 0 Å². The third kappa shape index (κ3) is 4.56. The number of anilines is 1. The summed E-state index contributed by atoms with van der Waals surface area (Å²) in [5, 5.41) is 2.74. The summed E-state index contributed by atoms with van der Waals surface area (Å²) in [4.78, 5) is 12.4. The average molecular weight is 404 g/mol. The molecule has 7 nitrogen and oxygen atoms in total. The molecule has 3 rings (SSSR count). The third-order valence-corrected chi connectivity index (χ3v) is 5.75. The van der Waals surface area contributed by atoms with E-state index in [4.69, 9.17) is 9.47 Å². The first-order valence-electron chi connectivity index (χ1n) is 8.95. The molecule has 1 aliphatic heterocycles. The summed E-state index contributed by atoms with van der Waals surface area (Å²) < 4.78 is 37.1. The van der Waals surface area contributed by atoms with Crippen molar-refractivity contribution in [3.05, 3.63) is 53.6 Å². The zero-order chi connectivity index (χ0) is 20.3. The van der Waals surface area contributed by atoms with E-state index in [0.717, 1.165) is 21.7 Å². The zero-order valence-electron chi connectivity index (χ0n) is 16.1. The SMILES string of the molecule is Cc1cccc(N(CC(=O)NC[C@@H]2COc3ccccc3O2)S(C)(=O)=O)c1C. The van der Waals surface area contributed by atoms with Crippen molar-refractivity contribution in [2.45, 2.75) is 20.0 Å². The van der Waals surface area contributed by atoms with Crippen LogP contribution in [0.25, 0.3) is 0 Å². The molecular formula is C20H24N2O5S. The van der Waals surface area contributed by atoms with Crippen molar-refractivity contribution in [1.82, 2.24) is 5.32 Å². The molecule has 2 aromatic carbocycles. The Morgan fingerprint density at radius 2 is 1.86 bits per heavy atom. The average Bonchev–Trinajstić information content (AvgIpc) is 2.66. The second-order valence-electron chi connectivity index (χ2n) is 6.79. The van der Waals surface area contributed by atoms with Gasteiger partial charge in [0.2, 0.25) is 15.9 Å². The van der Waals surface area contributed by atoms with Crippen molar-refractivity contribution >= 4 is 21.6 Å². The number of rotatable bonds is 6. The van der Waals surface area contributed by atoms with Gasteiger partial charge >= 0.3 is 0 Å². The summed E-state index contributed by atoms with van der Waals surface area (Å²) in [7, 11) is -3.62. The van der Waals surface area contributed by atoms with Gasteiger partial charge in [-0.05, 0) is 43.2 Å². The Hall–Kier alpha value is -2.74. The van der Waals surface area contributed by atoms with E-state index in [-0.39, 0.29) is 19.2 Å². The Kier molecular flexibility index (Phi) is 5.79. The molecule has 0 saturated heterocycles. The van der Waals surface area contributed by atoms with Gasteiger partial charge in [-0.1, -0.05) is 24.3 Å². The van der Waals surface area contributed by atoms with Crippen molar-refractivity contribution in [1.29, 1.82) is 0 Å². The van der Waals surface area contributed by atoms with Crippen molar-refractivity contribution in [2.24, 2.45) is 0 Å². The first-order chi connectivity index (χ1) is 13.3. The van der Waals surface area contributed by atoms with Gasteiger partial charge in [-0.2, -0.15) is 0 Å². The van der Waals surface area contributed by atoms with E-state index in [1.807, 2.05) is 38.1 Å². The molecule has 150 valence electrons. The maximum atomic E-state index is 12.4. The Balaban J connectivity index is 1.64. The number of carbonyl (C=O) groups is 1. The van der Waals surface area contributed by atoms with Crippen molar-refractivity contribution in [3.8, 4) is 11.5 Å². The molecule has 1 heterocycles. The fourth-order valence-electron chi connectivity index (χ4n) is 2.96. The van der Waals surface area contributed by atoms with Crippen LogP contribution in [-0.4, -0.2) is 46.4 Å². The highest BCUT2D eigenvalue weighted by Gasteiger charge is 2.25. The number of hydrogen-bond donors (Lipinski definition) is 1. The Morgan fingerprint density at radius 3 is 2.57 bits per heavy atom. The van der Waals surface area contributed by atoms with E-state index in [0.29, 0.717) is 23.8 Å². The van der Waals surface area contributed by atoms with Gasteiger partial charge < -0.3 is 14.8 Å². The number of ether oxygens (including phenoxy) is 2. The highest BCUT2D eigenvalue weighted by atomic mass is 32.2. The molecular weight excluding hydrogens is 380 g/mol. The molecule has 0 radical (unpaired) electrons. The Bertz CT molecular complexity index is 974. The van der Waals surface area contributed by atoms with E-state index in [2.05, 4.69) is 5.32 Å². The van der Waals surface area contributed by atoms with Gasteiger partial charge in [0.25, 0.3) is 0 Å². The summed E-state index contributed by atoms with van der Waals surface area (Å²) in [5.74, 6) is 0.887. The molecule has 1 N–H and O–H groups in total. The number of para-hydroxylation sites is 2. The summed E-state index contributed by atoms with van der Waals surface area (Å²) in [6, 6.07) is 12.7. The van der Waals surface area contributed by atoms with Crippen LogP contribution in [0.3, 0.4) is 0 Å². The van der Waals surface area contributed by atoms with Gasteiger partial charge in [-0.25, -0.2) is 8.42 Å². The fraction of sp³-hybridized carbons (Fsp3) is 0.350. The Morgan fingerprint density at radius 1 is 1.14 bits per heavy atom. The Labute approximate surface area is 165 Å². The minimum atomic E-state index is -3.62.